The summed E-state index contributed by atoms with van der Waals surface area (Å²) in [5.41, 5.74) is 3.46. The van der Waals surface area contributed by atoms with E-state index >= 15 is 0 Å². The molecule has 4 rings (SSSR count). The number of carbonyl (C=O) groups excluding carboxylic acids is 2. The number of phenolic OH excluding ortho intramolecular Hbond substituents is 1. The van der Waals surface area contributed by atoms with Crippen molar-refractivity contribution in [3.63, 3.8) is 0 Å². The van der Waals surface area contributed by atoms with Gasteiger partial charge in [-0.1, -0.05) is 35.4 Å². The van der Waals surface area contributed by atoms with Gasteiger partial charge in [0, 0.05) is 10.6 Å². The third kappa shape index (κ3) is 6.09. The summed E-state index contributed by atoms with van der Waals surface area (Å²) in [6, 6.07) is 17.5. The zero-order chi connectivity index (χ0) is 24.9. The van der Waals surface area contributed by atoms with Crippen LogP contribution in [0.3, 0.4) is 0 Å². The fraction of sp³-hybridized carbons (Fsp3) is 0.154. The molecule has 3 aromatic rings. The Balaban J connectivity index is 1.45. The number of ether oxygens (including phenoxy) is 1. The number of hydrogen-bond acceptors (Lipinski definition) is 7. The molecule has 1 aliphatic heterocycles. The summed E-state index contributed by atoms with van der Waals surface area (Å²) in [4.78, 5) is 26.5. The van der Waals surface area contributed by atoms with Gasteiger partial charge in [-0.2, -0.15) is 10.2 Å². The lowest BCUT2D eigenvalue weighted by molar-refractivity contribution is -0.123. The summed E-state index contributed by atoms with van der Waals surface area (Å²) in [6.07, 6.45) is 1.48. The third-order valence-corrected chi connectivity index (χ3v) is 6.53. The molecule has 1 N–H and O–H groups in total. The topological polar surface area (TPSA) is 91.6 Å². The van der Waals surface area contributed by atoms with Crippen LogP contribution in [-0.4, -0.2) is 34.3 Å². The summed E-state index contributed by atoms with van der Waals surface area (Å²) in [6.45, 7) is 4.18. The van der Waals surface area contributed by atoms with Crippen molar-refractivity contribution in [2.75, 3.05) is 13.2 Å². The van der Waals surface area contributed by atoms with Crippen LogP contribution in [0.15, 0.2) is 75.8 Å². The molecule has 0 bridgehead atoms. The van der Waals surface area contributed by atoms with Crippen LogP contribution < -0.4 is 4.74 Å². The molecule has 9 heteroatoms. The van der Waals surface area contributed by atoms with Gasteiger partial charge in [-0.05, 0) is 79.7 Å². The van der Waals surface area contributed by atoms with Crippen LogP contribution >= 0.6 is 23.4 Å². The van der Waals surface area contributed by atoms with E-state index in [1.807, 2.05) is 44.2 Å². The van der Waals surface area contributed by atoms with Gasteiger partial charge in [0.1, 0.15) is 18.1 Å². The number of carbonyl (C=O) groups is 2. The minimum Gasteiger partial charge on any atom is -0.507 e. The second-order valence-corrected chi connectivity index (χ2v) is 9.27. The van der Waals surface area contributed by atoms with E-state index in [2.05, 4.69) is 10.2 Å². The second kappa shape index (κ2) is 10.8. The van der Waals surface area contributed by atoms with Gasteiger partial charge in [0.15, 0.2) is 0 Å². The largest absolute Gasteiger partial charge is 0.507 e. The first-order chi connectivity index (χ1) is 16.8. The SMILES string of the molecule is Cc1ccc(OCCN2C(=O)S/C(=C\c3cc(N=Nc4ccc(C)c(Cl)c4)ccc3O)C2=O)cc1. The molecular weight excluding hydrogens is 486 g/mol. The van der Waals surface area contributed by atoms with Crippen molar-refractivity contribution < 1.29 is 19.4 Å². The number of aromatic hydroxyl groups is 1. The predicted molar refractivity (Wildman–Crippen MR) is 138 cm³/mol. The molecule has 178 valence electrons. The Labute approximate surface area is 212 Å². The van der Waals surface area contributed by atoms with E-state index in [-0.39, 0.29) is 29.0 Å². The molecule has 1 fully saturated rings. The van der Waals surface area contributed by atoms with Crippen molar-refractivity contribution >= 4 is 52.0 Å². The Bertz CT molecular complexity index is 1340. The molecule has 0 unspecified atom stereocenters. The van der Waals surface area contributed by atoms with E-state index in [1.54, 1.807) is 24.3 Å². The quantitative estimate of drug-likeness (QED) is 0.270. The average Bonchev–Trinajstić information content (AvgIpc) is 3.10. The number of aryl methyl sites for hydroxylation is 2. The average molecular weight is 508 g/mol. The molecule has 0 radical (unpaired) electrons. The van der Waals surface area contributed by atoms with Gasteiger partial charge >= 0.3 is 0 Å². The first kappa shape index (κ1) is 24.5. The molecule has 0 atom stereocenters. The molecule has 35 heavy (non-hydrogen) atoms. The number of hydrogen-bond donors (Lipinski definition) is 1. The van der Waals surface area contributed by atoms with E-state index in [1.165, 1.54) is 12.1 Å². The fourth-order valence-corrected chi connectivity index (χ4v) is 4.23. The minimum atomic E-state index is -0.437. The first-order valence-electron chi connectivity index (χ1n) is 10.8. The Hall–Kier alpha value is -3.62. The van der Waals surface area contributed by atoms with E-state index in [0.29, 0.717) is 27.7 Å². The van der Waals surface area contributed by atoms with Gasteiger partial charge in [0.25, 0.3) is 11.1 Å². The Morgan fingerprint density at radius 3 is 2.40 bits per heavy atom. The Morgan fingerprint density at radius 2 is 1.69 bits per heavy atom. The van der Waals surface area contributed by atoms with Crippen LogP contribution in [0.4, 0.5) is 16.2 Å². The predicted octanol–water partition coefficient (Wildman–Crippen LogP) is 7.19. The molecule has 1 aliphatic rings. The van der Waals surface area contributed by atoms with Crippen molar-refractivity contribution in [3.8, 4) is 11.5 Å². The lowest BCUT2D eigenvalue weighted by Crippen LogP contribution is -2.32. The maximum absolute atomic E-state index is 12.8. The molecule has 3 aromatic carbocycles. The van der Waals surface area contributed by atoms with Crippen LogP contribution in [0, 0.1) is 13.8 Å². The van der Waals surface area contributed by atoms with Crippen molar-refractivity contribution in [1.82, 2.24) is 4.90 Å². The molecule has 0 aromatic heterocycles. The lowest BCUT2D eigenvalue weighted by Gasteiger charge is -2.13. The van der Waals surface area contributed by atoms with Gasteiger partial charge in [-0.3, -0.25) is 14.5 Å². The molecule has 2 amide bonds. The highest BCUT2D eigenvalue weighted by atomic mass is 35.5. The van der Waals surface area contributed by atoms with Gasteiger partial charge in [-0.15, -0.1) is 0 Å². The summed E-state index contributed by atoms with van der Waals surface area (Å²) in [5.74, 6) is 0.187. The van der Waals surface area contributed by atoms with Crippen molar-refractivity contribution in [3.05, 3.63) is 87.3 Å². The van der Waals surface area contributed by atoms with Crippen molar-refractivity contribution in [2.24, 2.45) is 10.2 Å². The molecular formula is C26H22ClN3O4S. The molecule has 7 nitrogen and oxygen atoms in total. The van der Waals surface area contributed by atoms with Gasteiger partial charge in [-0.25, -0.2) is 0 Å². The third-order valence-electron chi connectivity index (χ3n) is 5.21. The number of thioether (sulfide) groups is 1. The maximum atomic E-state index is 12.8. The smallest absolute Gasteiger partial charge is 0.293 e. The summed E-state index contributed by atoms with van der Waals surface area (Å²) in [7, 11) is 0. The van der Waals surface area contributed by atoms with Gasteiger partial charge < -0.3 is 9.84 Å². The van der Waals surface area contributed by atoms with E-state index in [0.717, 1.165) is 27.8 Å². The summed E-state index contributed by atoms with van der Waals surface area (Å²) in [5, 5.41) is 18.8. The molecule has 1 saturated heterocycles. The normalized spacial score (nSPS) is 14.9. The van der Waals surface area contributed by atoms with Gasteiger partial charge in [0.05, 0.1) is 22.8 Å². The number of benzene rings is 3. The number of phenols is 1. The fourth-order valence-electron chi connectivity index (χ4n) is 3.20. The van der Waals surface area contributed by atoms with E-state index in [9.17, 15) is 14.7 Å². The highest BCUT2D eigenvalue weighted by molar-refractivity contribution is 8.18. The summed E-state index contributed by atoms with van der Waals surface area (Å²) < 4.78 is 5.64. The monoisotopic (exact) mass is 507 g/mol. The highest BCUT2D eigenvalue weighted by Gasteiger charge is 2.35. The Morgan fingerprint density at radius 1 is 1.00 bits per heavy atom. The minimum absolute atomic E-state index is 0.0446. The van der Waals surface area contributed by atoms with E-state index < -0.39 is 5.91 Å². The van der Waals surface area contributed by atoms with Crippen molar-refractivity contribution in [2.45, 2.75) is 13.8 Å². The van der Waals surface area contributed by atoms with Crippen LogP contribution in [0.25, 0.3) is 6.08 Å². The van der Waals surface area contributed by atoms with Gasteiger partial charge in [0.2, 0.25) is 0 Å². The summed E-state index contributed by atoms with van der Waals surface area (Å²) >= 11 is 6.94. The van der Waals surface area contributed by atoms with Crippen molar-refractivity contribution in [1.29, 1.82) is 0 Å². The van der Waals surface area contributed by atoms with Crippen LogP contribution in [0.5, 0.6) is 11.5 Å². The Kier molecular flexibility index (Phi) is 7.53. The number of nitrogens with zero attached hydrogens (tertiary/aromatic N) is 3. The number of azo groups is 1. The number of amides is 2. The number of halogens is 1. The van der Waals surface area contributed by atoms with E-state index in [4.69, 9.17) is 16.3 Å². The lowest BCUT2D eigenvalue weighted by atomic mass is 10.1. The molecule has 0 spiro atoms. The molecule has 1 heterocycles. The zero-order valence-electron chi connectivity index (χ0n) is 19.1. The maximum Gasteiger partial charge on any atom is 0.293 e. The zero-order valence-corrected chi connectivity index (χ0v) is 20.6. The van der Waals surface area contributed by atoms with Crippen LogP contribution in [-0.2, 0) is 4.79 Å². The molecule has 0 aliphatic carbocycles. The molecule has 0 saturated carbocycles. The standard InChI is InChI=1S/C26H22ClN3O4S/c1-16-3-8-21(9-4-16)34-12-11-30-25(32)24(35-26(30)33)14-18-13-19(7-10-23(18)31)28-29-20-6-5-17(2)22(27)15-20/h3-10,13-15,31H,11-12H2,1-2H3/b24-14-,29-28?. The first-order valence-corrected chi connectivity index (χ1v) is 12.0. The van der Waals surface area contributed by atoms with Crippen LogP contribution in [0.1, 0.15) is 16.7 Å². The highest BCUT2D eigenvalue weighted by Crippen LogP contribution is 2.35. The second-order valence-electron chi connectivity index (χ2n) is 7.87. The number of imide groups is 1. The number of rotatable bonds is 7. The van der Waals surface area contributed by atoms with Crippen LogP contribution in [0.2, 0.25) is 5.02 Å².